The largest absolute Gasteiger partial charge is 0.393 e. The van der Waals surface area contributed by atoms with Crippen LogP contribution in [0.2, 0.25) is 0 Å². The summed E-state index contributed by atoms with van der Waals surface area (Å²) >= 11 is 0. The predicted molar refractivity (Wildman–Crippen MR) is 100 cm³/mol. The minimum Gasteiger partial charge on any atom is -0.393 e. The van der Waals surface area contributed by atoms with Gasteiger partial charge in [0.1, 0.15) is 5.78 Å². The Kier molecular flexibility index (Phi) is 6.09. The van der Waals surface area contributed by atoms with Gasteiger partial charge in [0.15, 0.2) is 0 Å². The highest BCUT2D eigenvalue weighted by atomic mass is 16.3. The van der Waals surface area contributed by atoms with E-state index in [0.29, 0.717) is 12.3 Å². The lowest BCUT2D eigenvalue weighted by Crippen LogP contribution is -2.65. The quantitative estimate of drug-likeness (QED) is 0.732. The molecule has 2 heterocycles. The third-order valence-electron chi connectivity index (χ3n) is 6.01. The Bertz CT molecular complexity index is 623. The number of carbonyl (C=O) groups is 2. The highest BCUT2D eigenvalue weighted by Crippen LogP contribution is 2.29. The van der Waals surface area contributed by atoms with E-state index >= 15 is 0 Å². The van der Waals surface area contributed by atoms with Crippen molar-refractivity contribution in [2.75, 3.05) is 13.1 Å². The third kappa shape index (κ3) is 4.33. The van der Waals surface area contributed by atoms with E-state index in [9.17, 15) is 14.7 Å². The van der Waals surface area contributed by atoms with Gasteiger partial charge in [0.05, 0.1) is 18.1 Å². The van der Waals surface area contributed by atoms with Crippen LogP contribution in [0.3, 0.4) is 0 Å². The molecular formula is C21H30N2O3. The van der Waals surface area contributed by atoms with Crippen molar-refractivity contribution < 1.29 is 14.7 Å². The third-order valence-corrected chi connectivity index (χ3v) is 6.01. The molecule has 0 aliphatic carbocycles. The van der Waals surface area contributed by atoms with Crippen molar-refractivity contribution in [2.24, 2.45) is 17.8 Å². The lowest BCUT2D eigenvalue weighted by molar-refractivity contribution is -0.145. The van der Waals surface area contributed by atoms with Gasteiger partial charge in [-0.2, -0.15) is 0 Å². The topological polar surface area (TPSA) is 69.6 Å². The lowest BCUT2D eigenvalue weighted by atomic mass is 9.75. The number of hydrogen-bond donors (Lipinski definition) is 2. The van der Waals surface area contributed by atoms with Crippen molar-refractivity contribution in [1.82, 2.24) is 10.2 Å². The summed E-state index contributed by atoms with van der Waals surface area (Å²) in [5.41, 5.74) is 1.33. The highest BCUT2D eigenvalue weighted by molar-refractivity contribution is 5.90. The monoisotopic (exact) mass is 358 g/mol. The van der Waals surface area contributed by atoms with Crippen LogP contribution in [0.5, 0.6) is 0 Å². The normalized spacial score (nSPS) is 26.7. The van der Waals surface area contributed by atoms with Crippen molar-refractivity contribution >= 4 is 11.7 Å². The second-order valence-corrected chi connectivity index (χ2v) is 7.96. The molecular weight excluding hydrogens is 328 g/mol. The number of carbonyl (C=O) groups excluding carboxylic acids is 2. The Morgan fingerprint density at radius 3 is 2.46 bits per heavy atom. The van der Waals surface area contributed by atoms with Gasteiger partial charge in [-0.1, -0.05) is 37.3 Å². The average molecular weight is 358 g/mol. The molecule has 26 heavy (non-hydrogen) atoms. The first kappa shape index (κ1) is 19.1. The van der Waals surface area contributed by atoms with Crippen molar-refractivity contribution in [3.8, 4) is 0 Å². The van der Waals surface area contributed by atoms with E-state index < -0.39 is 12.0 Å². The van der Waals surface area contributed by atoms with Gasteiger partial charge in [0, 0.05) is 18.9 Å². The van der Waals surface area contributed by atoms with Crippen LogP contribution in [-0.4, -0.2) is 46.9 Å². The predicted octanol–water partition coefficient (Wildman–Crippen LogP) is 1.99. The standard InChI is InChI=1S/C21H30N2O3/c1-14(20-19(15(2)24)21(26)22-20)18(25)12-16-8-10-23(11-9-16)13-17-6-4-3-5-7-17/h3-7,14-16,19-20,24H,8-13H2,1-2H3,(H,22,26)/t14-,15+,19+,20+/m0/s1. The number of nitrogens with one attached hydrogen (secondary N) is 1. The molecule has 2 saturated heterocycles. The Balaban J connectivity index is 1.44. The van der Waals surface area contributed by atoms with Gasteiger partial charge in [-0.15, -0.1) is 0 Å². The van der Waals surface area contributed by atoms with Gasteiger partial charge in [0.2, 0.25) is 5.91 Å². The van der Waals surface area contributed by atoms with E-state index in [-0.39, 0.29) is 23.7 Å². The Morgan fingerprint density at radius 2 is 1.88 bits per heavy atom. The second kappa shape index (κ2) is 8.31. The van der Waals surface area contributed by atoms with Crippen LogP contribution in [0, 0.1) is 17.8 Å². The molecule has 3 rings (SSSR count). The van der Waals surface area contributed by atoms with Crippen molar-refractivity contribution in [3.63, 3.8) is 0 Å². The van der Waals surface area contributed by atoms with Crippen molar-refractivity contribution in [3.05, 3.63) is 35.9 Å². The number of hydrogen-bond acceptors (Lipinski definition) is 4. The minimum atomic E-state index is -0.703. The zero-order chi connectivity index (χ0) is 18.7. The van der Waals surface area contributed by atoms with Gasteiger partial charge >= 0.3 is 0 Å². The Morgan fingerprint density at radius 1 is 1.23 bits per heavy atom. The van der Waals surface area contributed by atoms with Gasteiger partial charge in [-0.05, 0) is 44.3 Å². The number of benzene rings is 1. The Hall–Kier alpha value is -1.72. The summed E-state index contributed by atoms with van der Waals surface area (Å²) in [6, 6.07) is 10.3. The number of aliphatic hydroxyl groups is 1. The smallest absolute Gasteiger partial charge is 0.228 e. The number of likely N-dealkylation sites (tertiary alicyclic amines) is 1. The van der Waals surface area contributed by atoms with E-state index in [0.717, 1.165) is 32.5 Å². The number of piperidine rings is 1. The highest BCUT2D eigenvalue weighted by Gasteiger charge is 2.47. The zero-order valence-electron chi connectivity index (χ0n) is 15.7. The first-order chi connectivity index (χ1) is 12.5. The number of nitrogens with zero attached hydrogens (tertiary/aromatic N) is 1. The van der Waals surface area contributed by atoms with Crippen molar-refractivity contribution in [1.29, 1.82) is 0 Å². The fourth-order valence-electron chi connectivity index (χ4n) is 4.23. The number of aliphatic hydroxyl groups excluding tert-OH is 1. The SMILES string of the molecule is C[C@@H](O)[C@H]1C(=O)N[C@@H]1[C@@H](C)C(=O)CC1CCN(Cc2ccccc2)CC1. The molecule has 2 fully saturated rings. The molecule has 5 nitrogen and oxygen atoms in total. The van der Waals surface area contributed by atoms with Crippen LogP contribution in [0.25, 0.3) is 0 Å². The molecule has 2 aliphatic heterocycles. The molecule has 2 N–H and O–H groups in total. The second-order valence-electron chi connectivity index (χ2n) is 7.96. The number of β-lactam (4-membered cyclic amide) rings is 1. The molecule has 0 aromatic heterocycles. The summed E-state index contributed by atoms with van der Waals surface area (Å²) in [4.78, 5) is 26.7. The number of Topliss-reactive ketones (excluding diaryl/α,β-unsaturated/α-hetero) is 1. The van der Waals surface area contributed by atoms with E-state index in [2.05, 4.69) is 34.5 Å². The molecule has 0 bridgehead atoms. The van der Waals surface area contributed by atoms with Crippen LogP contribution in [0.15, 0.2) is 30.3 Å². The van der Waals surface area contributed by atoms with Crippen LogP contribution in [0.4, 0.5) is 0 Å². The summed E-state index contributed by atoms with van der Waals surface area (Å²) in [5.74, 6) is -0.171. The molecule has 5 heteroatoms. The average Bonchev–Trinajstić information content (AvgIpc) is 2.61. The molecule has 0 unspecified atom stereocenters. The van der Waals surface area contributed by atoms with Crippen LogP contribution in [-0.2, 0) is 16.1 Å². The molecule has 0 radical (unpaired) electrons. The fraction of sp³-hybridized carbons (Fsp3) is 0.619. The van der Waals surface area contributed by atoms with Crippen LogP contribution >= 0.6 is 0 Å². The first-order valence-electron chi connectivity index (χ1n) is 9.73. The lowest BCUT2D eigenvalue weighted by Gasteiger charge is -2.42. The van der Waals surface area contributed by atoms with Crippen molar-refractivity contribution in [2.45, 2.75) is 51.8 Å². The first-order valence-corrected chi connectivity index (χ1v) is 9.73. The maximum absolute atomic E-state index is 12.6. The van der Waals surface area contributed by atoms with Crippen LogP contribution < -0.4 is 5.32 Å². The molecule has 4 atom stereocenters. The van der Waals surface area contributed by atoms with Crippen LogP contribution in [0.1, 0.15) is 38.7 Å². The molecule has 1 aromatic rings. The summed E-state index contributed by atoms with van der Waals surface area (Å²) in [6.45, 7) is 6.53. The Labute approximate surface area is 155 Å². The van der Waals surface area contributed by atoms with E-state index in [1.165, 1.54) is 5.56 Å². The molecule has 0 spiro atoms. The summed E-state index contributed by atoms with van der Waals surface area (Å²) in [5, 5.41) is 12.5. The minimum absolute atomic E-state index is 0.140. The summed E-state index contributed by atoms with van der Waals surface area (Å²) in [6.07, 6.45) is 1.97. The van der Waals surface area contributed by atoms with Gasteiger partial charge < -0.3 is 10.4 Å². The van der Waals surface area contributed by atoms with Gasteiger partial charge in [-0.3, -0.25) is 14.5 Å². The fourth-order valence-corrected chi connectivity index (χ4v) is 4.23. The number of rotatable bonds is 7. The van der Waals surface area contributed by atoms with Gasteiger partial charge in [-0.25, -0.2) is 0 Å². The summed E-state index contributed by atoms with van der Waals surface area (Å²) < 4.78 is 0. The molecule has 2 aliphatic rings. The number of amides is 1. The molecule has 0 saturated carbocycles. The zero-order valence-corrected chi connectivity index (χ0v) is 15.7. The van der Waals surface area contributed by atoms with E-state index in [4.69, 9.17) is 0 Å². The van der Waals surface area contributed by atoms with E-state index in [1.807, 2.05) is 13.0 Å². The maximum Gasteiger partial charge on any atom is 0.228 e. The number of ketones is 1. The molecule has 142 valence electrons. The molecule has 1 aromatic carbocycles. The van der Waals surface area contributed by atoms with E-state index in [1.54, 1.807) is 6.92 Å². The maximum atomic E-state index is 12.6. The van der Waals surface area contributed by atoms with Gasteiger partial charge in [0.25, 0.3) is 0 Å². The summed E-state index contributed by atoms with van der Waals surface area (Å²) in [7, 11) is 0. The molecule has 1 amide bonds.